The number of thioether (sulfide) groups is 1. The average Bonchev–Trinajstić information content (AvgIpc) is 4.20. The third-order valence-electron chi connectivity index (χ3n) is 14.2. The number of Topliss-reactive ketones (excluding diaryl/α,β-unsaturated/α-hetero) is 2. The van der Waals surface area contributed by atoms with Crippen molar-refractivity contribution in [2.24, 2.45) is 17.8 Å². The number of alkyl halides is 7. The van der Waals surface area contributed by atoms with Crippen molar-refractivity contribution in [3.8, 4) is 11.3 Å². The van der Waals surface area contributed by atoms with Gasteiger partial charge in [0.1, 0.15) is 23.7 Å². The molecule has 3 saturated heterocycles. The van der Waals surface area contributed by atoms with Crippen LogP contribution in [0.3, 0.4) is 0 Å². The minimum atomic E-state index is -5.36. The Morgan fingerprint density at radius 3 is 2.37 bits per heavy atom. The number of ether oxygens (including phenoxy) is 2. The van der Waals surface area contributed by atoms with Crippen molar-refractivity contribution in [2.75, 3.05) is 29.9 Å². The van der Waals surface area contributed by atoms with E-state index in [1.807, 2.05) is 22.6 Å². The van der Waals surface area contributed by atoms with Crippen LogP contribution in [0.2, 0.25) is 0 Å². The number of hydrogen-bond acceptors (Lipinski definition) is 13. The van der Waals surface area contributed by atoms with Crippen LogP contribution in [0.15, 0.2) is 60.8 Å². The maximum absolute atomic E-state index is 14.6. The standard InChI is InChI=1S/C52H60F6IN7O11S/c53-51(54,55)35-21-31(22-36(52(56,57)58)33(35)14-16-44(70)61-18-17-60-43(69)8-4-3-7-42-46-38(27-78-42)62-50(75)63-46)37-25-66(65-64-37)26-41-48(74)47(73)34(20-28-9-11-29(12-10-28)40(68)24-59)49(77-41)76-19-5-1-2-6-32-30(23-45(71)72)13-15-39(32)67/h1-2,9-12,14,16,21-22,25,30,32,34,38,41-42,46-49,73-74H,3-8,13,15,17-20,23-24,26-27H2,(H,60,69)(H,61,70)(H,71,72)(H2,62,63,75)/b2-1-,16-14+/t30-,32-,34+,38+,41+,42+,46+,47+,48+,49+/m1/s1. The first-order valence-electron chi connectivity index (χ1n) is 25.4. The Hall–Kier alpha value is -5.42. The van der Waals surface area contributed by atoms with Crippen LogP contribution in [0.1, 0.15) is 90.4 Å². The fourth-order valence-corrected chi connectivity index (χ4v) is 12.2. The van der Waals surface area contributed by atoms with E-state index in [2.05, 4.69) is 31.6 Å². The van der Waals surface area contributed by atoms with Gasteiger partial charge in [-0.1, -0.05) is 70.6 Å². The molecule has 4 heterocycles. The number of hydrogen-bond donors (Lipinski definition) is 7. The van der Waals surface area contributed by atoms with Crippen molar-refractivity contribution in [1.82, 2.24) is 36.3 Å². The van der Waals surface area contributed by atoms with Gasteiger partial charge in [0.2, 0.25) is 11.8 Å². The maximum Gasteiger partial charge on any atom is 0.417 e. The Morgan fingerprint density at radius 1 is 0.962 bits per heavy atom. The fraction of sp³-hybridized carbons (Fsp3) is 0.538. The molecule has 4 aliphatic rings. The van der Waals surface area contributed by atoms with Crippen molar-refractivity contribution in [1.29, 1.82) is 0 Å². The number of allylic oxidation sites excluding steroid dienone is 1. The molecule has 7 rings (SSSR count). The number of nitrogens with zero attached hydrogens (tertiary/aromatic N) is 3. The Morgan fingerprint density at radius 2 is 1.68 bits per heavy atom. The Balaban J connectivity index is 0.978. The lowest BCUT2D eigenvalue weighted by atomic mass is 9.85. The van der Waals surface area contributed by atoms with E-state index in [1.165, 1.54) is 0 Å². The molecule has 1 saturated carbocycles. The molecule has 4 amide bonds. The number of carbonyl (C=O) groups excluding carboxylic acids is 5. The number of urea groups is 1. The number of carboxylic acids is 1. The molecule has 3 aromatic rings. The number of benzene rings is 2. The van der Waals surface area contributed by atoms with E-state index < -0.39 is 95.2 Å². The summed E-state index contributed by atoms with van der Waals surface area (Å²) in [6.45, 7) is -0.616. The van der Waals surface area contributed by atoms with E-state index in [0.29, 0.717) is 67.5 Å². The molecule has 0 radical (unpaired) electrons. The smallest absolute Gasteiger partial charge is 0.417 e. The van der Waals surface area contributed by atoms with E-state index in [1.54, 1.807) is 48.2 Å². The molecule has 10 atom stereocenters. The number of amides is 4. The number of aliphatic carboxylic acids is 1. The van der Waals surface area contributed by atoms with E-state index >= 15 is 0 Å². The number of fused-ring (bicyclic) bond motifs is 1. The lowest BCUT2D eigenvalue weighted by molar-refractivity contribution is -0.282. The maximum atomic E-state index is 14.6. The molecule has 0 unspecified atom stereocenters. The van der Waals surface area contributed by atoms with Crippen LogP contribution in [0.25, 0.3) is 17.3 Å². The fourth-order valence-electron chi connectivity index (χ4n) is 10.2. The van der Waals surface area contributed by atoms with Crippen LogP contribution in [0.5, 0.6) is 0 Å². The van der Waals surface area contributed by atoms with Crippen LogP contribution in [-0.2, 0) is 54.0 Å². The lowest BCUT2D eigenvalue weighted by Crippen LogP contribution is -2.57. The van der Waals surface area contributed by atoms with Crippen molar-refractivity contribution in [3.05, 3.63) is 88.6 Å². The summed E-state index contributed by atoms with van der Waals surface area (Å²) in [4.78, 5) is 72.6. The molecule has 1 aromatic heterocycles. The van der Waals surface area contributed by atoms with Crippen molar-refractivity contribution in [3.63, 3.8) is 0 Å². The molecule has 1 aliphatic carbocycles. The highest BCUT2D eigenvalue weighted by Gasteiger charge is 2.46. The monoisotopic (exact) mass is 1230 g/mol. The third kappa shape index (κ3) is 16.1. The number of aromatic nitrogens is 3. The molecule has 2 aromatic carbocycles. The van der Waals surface area contributed by atoms with Gasteiger partial charge >= 0.3 is 24.4 Å². The number of unbranched alkanes of at least 4 members (excludes halogenated alkanes) is 1. The number of aliphatic hydroxyl groups excluding tert-OH is 2. The van der Waals surface area contributed by atoms with Gasteiger partial charge in [-0.2, -0.15) is 38.1 Å². The largest absolute Gasteiger partial charge is 0.481 e. The highest BCUT2D eigenvalue weighted by atomic mass is 127. The Labute approximate surface area is 462 Å². The van der Waals surface area contributed by atoms with Gasteiger partial charge in [0, 0.05) is 72.4 Å². The molecule has 18 nitrogen and oxygen atoms in total. The summed E-state index contributed by atoms with van der Waals surface area (Å²) in [6, 6.07) is 7.45. The quantitative estimate of drug-likeness (QED) is 0.00718. The topological polar surface area (TPSA) is 260 Å². The zero-order chi connectivity index (χ0) is 56.3. The molecule has 4 fully saturated rings. The van der Waals surface area contributed by atoms with Crippen LogP contribution in [-0.4, -0.2) is 138 Å². The summed E-state index contributed by atoms with van der Waals surface area (Å²) in [5.74, 6) is -3.17. The summed E-state index contributed by atoms with van der Waals surface area (Å²) >= 11 is 3.70. The molecule has 26 heteroatoms. The van der Waals surface area contributed by atoms with E-state index in [0.717, 1.165) is 29.5 Å². The second-order valence-corrected chi connectivity index (χ2v) is 21.7. The van der Waals surface area contributed by atoms with Gasteiger partial charge in [-0.25, -0.2) is 9.48 Å². The number of ketones is 2. The van der Waals surface area contributed by atoms with Gasteiger partial charge < -0.3 is 46.1 Å². The predicted molar refractivity (Wildman–Crippen MR) is 280 cm³/mol. The highest BCUT2D eigenvalue weighted by molar-refractivity contribution is 14.1. The van der Waals surface area contributed by atoms with Gasteiger partial charge in [0.25, 0.3) is 0 Å². The summed E-state index contributed by atoms with van der Waals surface area (Å²) in [5, 5.41) is 50.9. The summed E-state index contributed by atoms with van der Waals surface area (Å²) in [7, 11) is 0. The van der Waals surface area contributed by atoms with Gasteiger partial charge in [-0.15, -0.1) is 5.10 Å². The number of nitrogens with one attached hydrogen (secondary N) is 4. The third-order valence-corrected chi connectivity index (χ3v) is 16.4. The SMILES string of the molecule is O=C(O)C[C@H]1CCC(=O)[C@@H]1C/C=C\CCO[C@H]1O[C@@H](Cn2cc(-c3cc(C(F)(F)F)c(/C=C/C(=O)NCCNC(=O)CCCC[C@@H]4SC[C@@H]5NC(=O)N[C@@H]54)c(C(F)(F)F)c3)nn2)[C@H](O)[C@@H](O)[C@@H]1Cc1ccc(C(=O)CI)cc1. The number of rotatable bonds is 25. The van der Waals surface area contributed by atoms with Crippen LogP contribution in [0, 0.1) is 17.8 Å². The number of carboxylic acid groups (broad SMARTS) is 1. The van der Waals surface area contributed by atoms with E-state index in [-0.39, 0.29) is 90.1 Å². The summed E-state index contributed by atoms with van der Waals surface area (Å²) < 4.78 is 101. The van der Waals surface area contributed by atoms with Gasteiger partial charge in [0.15, 0.2) is 12.1 Å². The second kappa shape index (κ2) is 27.2. The van der Waals surface area contributed by atoms with Gasteiger partial charge in [-0.05, 0) is 73.8 Å². The van der Waals surface area contributed by atoms with Gasteiger partial charge in [0.05, 0.1) is 53.1 Å². The normalized spacial score (nSPS) is 25.3. The lowest BCUT2D eigenvalue weighted by Gasteiger charge is -2.42. The van der Waals surface area contributed by atoms with Crippen LogP contribution in [0.4, 0.5) is 31.1 Å². The first kappa shape index (κ1) is 60.2. The number of carbonyl (C=O) groups is 6. The van der Waals surface area contributed by atoms with Crippen molar-refractivity contribution in [2.45, 2.75) is 125 Å². The minimum Gasteiger partial charge on any atom is -0.481 e. The predicted octanol–water partition coefficient (Wildman–Crippen LogP) is 6.30. The molecule has 424 valence electrons. The first-order valence-corrected chi connectivity index (χ1v) is 28.0. The molecule has 78 heavy (non-hydrogen) atoms. The molecule has 0 spiro atoms. The Kier molecular flexibility index (Phi) is 21.0. The second-order valence-electron chi connectivity index (χ2n) is 19.6. The van der Waals surface area contributed by atoms with Gasteiger partial charge in [-0.3, -0.25) is 24.0 Å². The van der Waals surface area contributed by atoms with E-state index in [4.69, 9.17) is 9.47 Å². The summed E-state index contributed by atoms with van der Waals surface area (Å²) in [5.41, 5.74) is -4.72. The van der Waals surface area contributed by atoms with Crippen molar-refractivity contribution < 1.29 is 79.9 Å². The van der Waals surface area contributed by atoms with E-state index in [9.17, 15) is 70.4 Å². The highest BCUT2D eigenvalue weighted by Crippen LogP contribution is 2.43. The molecule has 3 aliphatic heterocycles. The first-order chi connectivity index (χ1) is 37.1. The summed E-state index contributed by atoms with van der Waals surface area (Å²) in [6.07, 6.45) is -7.09. The zero-order valence-corrected chi connectivity index (χ0v) is 44.9. The zero-order valence-electron chi connectivity index (χ0n) is 41.9. The number of halogens is 7. The van der Waals surface area contributed by atoms with Crippen molar-refractivity contribution >= 4 is 75.8 Å². The molecule has 7 N–H and O–H groups in total. The molecule has 0 bridgehead atoms. The Bertz CT molecular complexity index is 2660. The molecular weight excluding hydrogens is 1170 g/mol. The number of aliphatic hydroxyl groups is 2. The van der Waals surface area contributed by atoms with Crippen LogP contribution >= 0.6 is 34.4 Å². The average molecular weight is 1230 g/mol. The minimum absolute atomic E-state index is 0.000680. The molecular formula is C52H60F6IN7O11S. The van der Waals surface area contributed by atoms with Crippen LogP contribution < -0.4 is 21.3 Å².